The first kappa shape index (κ1) is 11.3. The van der Waals surface area contributed by atoms with Crippen LogP contribution in [0.3, 0.4) is 0 Å². The van der Waals surface area contributed by atoms with Gasteiger partial charge in [0.15, 0.2) is 15.6 Å². The Balaban J connectivity index is 2.12. The largest absolute Gasteiger partial charge is 0.424 e. The summed E-state index contributed by atoms with van der Waals surface area (Å²) >= 11 is 0. The summed E-state index contributed by atoms with van der Waals surface area (Å²) in [5, 5.41) is 0. The molecule has 6 heteroatoms. The summed E-state index contributed by atoms with van der Waals surface area (Å²) < 4.78 is 29.0. The third-order valence-corrected chi connectivity index (χ3v) is 4.96. The molecule has 5 nitrogen and oxygen atoms in total. The molecule has 0 atom stereocenters. The predicted octanol–water partition coefficient (Wildman–Crippen LogP) is 1.64. The molecule has 2 heterocycles. The average Bonchev–Trinajstić information content (AvgIpc) is 2.75. The van der Waals surface area contributed by atoms with Gasteiger partial charge in [-0.05, 0) is 36.6 Å². The predicted molar refractivity (Wildman–Crippen MR) is 66.7 cm³/mol. The Kier molecular flexibility index (Phi) is 2.41. The van der Waals surface area contributed by atoms with Crippen LogP contribution in [0.5, 0.6) is 0 Å². The van der Waals surface area contributed by atoms with Crippen molar-refractivity contribution in [3.8, 4) is 11.3 Å². The quantitative estimate of drug-likeness (QED) is 0.846. The maximum atomic E-state index is 11.9. The molecule has 0 saturated heterocycles. The molecule has 1 aromatic heterocycles. The number of hydrogen-bond donors (Lipinski definition) is 1. The number of rotatable bonds is 1. The van der Waals surface area contributed by atoms with Gasteiger partial charge < -0.3 is 10.2 Å². The molecule has 1 aliphatic heterocycles. The summed E-state index contributed by atoms with van der Waals surface area (Å²) in [5.41, 5.74) is 7.07. The Morgan fingerprint density at radius 1 is 1.33 bits per heavy atom. The molecule has 0 aliphatic carbocycles. The Morgan fingerprint density at radius 2 is 2.17 bits per heavy atom. The van der Waals surface area contributed by atoms with Gasteiger partial charge in [0.05, 0.1) is 16.8 Å². The molecule has 1 aromatic carbocycles. The lowest BCUT2D eigenvalue weighted by molar-refractivity contribution is 0.585. The molecule has 0 radical (unpaired) electrons. The van der Waals surface area contributed by atoms with Crippen LogP contribution in [0.1, 0.15) is 12.0 Å². The van der Waals surface area contributed by atoms with Crippen LogP contribution in [-0.4, -0.2) is 19.2 Å². The van der Waals surface area contributed by atoms with E-state index in [1.165, 1.54) is 6.20 Å². The summed E-state index contributed by atoms with van der Waals surface area (Å²) in [5.74, 6) is 0.785. The summed E-state index contributed by atoms with van der Waals surface area (Å²) in [6.45, 7) is 0. The fourth-order valence-corrected chi connectivity index (χ4v) is 3.80. The van der Waals surface area contributed by atoms with E-state index in [1.807, 2.05) is 6.07 Å². The third kappa shape index (κ3) is 1.78. The minimum absolute atomic E-state index is 0.107. The highest BCUT2D eigenvalue weighted by atomic mass is 32.2. The topological polar surface area (TPSA) is 86.2 Å². The van der Waals surface area contributed by atoms with Crippen molar-refractivity contribution in [2.45, 2.75) is 17.7 Å². The van der Waals surface area contributed by atoms with Crippen molar-refractivity contribution in [1.82, 2.24) is 4.98 Å². The zero-order valence-electron chi connectivity index (χ0n) is 9.59. The van der Waals surface area contributed by atoms with E-state index in [0.29, 0.717) is 17.1 Å². The van der Waals surface area contributed by atoms with Crippen LogP contribution in [0.25, 0.3) is 11.3 Å². The van der Waals surface area contributed by atoms with E-state index in [4.69, 9.17) is 10.2 Å². The third-order valence-electron chi connectivity index (χ3n) is 3.06. The van der Waals surface area contributed by atoms with Gasteiger partial charge in [0, 0.05) is 5.56 Å². The van der Waals surface area contributed by atoms with Gasteiger partial charge in [0.2, 0.25) is 0 Å². The van der Waals surface area contributed by atoms with Gasteiger partial charge in [0.1, 0.15) is 0 Å². The van der Waals surface area contributed by atoms with Gasteiger partial charge in [-0.3, -0.25) is 0 Å². The van der Waals surface area contributed by atoms with Crippen LogP contribution in [0, 0.1) is 0 Å². The monoisotopic (exact) mass is 264 g/mol. The molecule has 0 bridgehead atoms. The van der Waals surface area contributed by atoms with Crippen LogP contribution in [0.4, 0.5) is 6.01 Å². The zero-order chi connectivity index (χ0) is 12.8. The second-order valence-electron chi connectivity index (χ2n) is 4.31. The number of sulfone groups is 1. The number of nitrogens with zero attached hydrogens (tertiary/aromatic N) is 1. The number of benzene rings is 1. The Bertz CT molecular complexity index is 704. The lowest BCUT2D eigenvalue weighted by atomic mass is 10.1. The molecule has 1 aliphatic rings. The first-order valence-corrected chi connectivity index (χ1v) is 7.29. The number of hydrogen-bond acceptors (Lipinski definition) is 5. The van der Waals surface area contributed by atoms with Crippen molar-refractivity contribution in [2.24, 2.45) is 0 Å². The van der Waals surface area contributed by atoms with E-state index in [-0.39, 0.29) is 11.8 Å². The number of nitrogen functional groups attached to an aromatic ring is 1. The second kappa shape index (κ2) is 3.84. The van der Waals surface area contributed by atoms with Crippen LogP contribution >= 0.6 is 0 Å². The molecule has 0 fully saturated rings. The van der Waals surface area contributed by atoms with Gasteiger partial charge in [-0.15, -0.1) is 0 Å². The SMILES string of the molecule is Nc1ncc(-c2ccc3c(c2)CCCS3(=O)=O)o1. The first-order valence-electron chi connectivity index (χ1n) is 5.64. The number of aryl methyl sites for hydroxylation is 1. The Morgan fingerprint density at radius 3 is 2.89 bits per heavy atom. The van der Waals surface area contributed by atoms with Crippen molar-refractivity contribution in [1.29, 1.82) is 0 Å². The minimum atomic E-state index is -3.11. The highest BCUT2D eigenvalue weighted by Gasteiger charge is 2.23. The normalized spacial score (nSPS) is 17.3. The van der Waals surface area contributed by atoms with E-state index >= 15 is 0 Å². The maximum Gasteiger partial charge on any atom is 0.292 e. The fourth-order valence-electron chi connectivity index (χ4n) is 2.22. The number of aromatic nitrogens is 1. The summed E-state index contributed by atoms with van der Waals surface area (Å²) in [6.07, 6.45) is 2.97. The highest BCUT2D eigenvalue weighted by Crippen LogP contribution is 2.30. The smallest absolute Gasteiger partial charge is 0.292 e. The van der Waals surface area contributed by atoms with Crippen LogP contribution in [-0.2, 0) is 16.3 Å². The van der Waals surface area contributed by atoms with E-state index in [9.17, 15) is 8.42 Å². The molecule has 2 N–H and O–H groups in total. The van der Waals surface area contributed by atoms with Gasteiger partial charge in [-0.1, -0.05) is 0 Å². The molecular formula is C12H12N2O3S. The first-order chi connectivity index (χ1) is 8.56. The molecule has 0 amide bonds. The van der Waals surface area contributed by atoms with Gasteiger partial charge in [0.25, 0.3) is 6.01 Å². The van der Waals surface area contributed by atoms with Crippen LogP contribution in [0.2, 0.25) is 0 Å². The average molecular weight is 264 g/mol. The molecular weight excluding hydrogens is 252 g/mol. The number of fused-ring (bicyclic) bond motifs is 1. The summed E-state index contributed by atoms with van der Waals surface area (Å²) in [7, 11) is -3.11. The molecule has 94 valence electrons. The summed E-state index contributed by atoms with van der Waals surface area (Å²) in [6, 6.07) is 5.31. The highest BCUT2D eigenvalue weighted by molar-refractivity contribution is 7.91. The second-order valence-corrected chi connectivity index (χ2v) is 6.39. The lowest BCUT2D eigenvalue weighted by Crippen LogP contribution is -2.15. The number of anilines is 1. The molecule has 2 aromatic rings. The van der Waals surface area contributed by atoms with Crippen LogP contribution < -0.4 is 5.73 Å². The number of nitrogens with two attached hydrogens (primary N) is 1. The molecule has 0 spiro atoms. The van der Waals surface area contributed by atoms with E-state index in [0.717, 1.165) is 17.5 Å². The van der Waals surface area contributed by atoms with E-state index in [1.54, 1.807) is 12.1 Å². The standard InChI is InChI=1S/C12H12N2O3S/c13-12-14-7-10(17-12)8-3-4-11-9(6-8)2-1-5-18(11,15)16/h3-4,6-7H,1-2,5H2,(H2,13,14). The van der Waals surface area contributed by atoms with Crippen molar-refractivity contribution >= 4 is 15.9 Å². The molecule has 3 rings (SSSR count). The van der Waals surface area contributed by atoms with Gasteiger partial charge >= 0.3 is 0 Å². The van der Waals surface area contributed by atoms with Crippen molar-refractivity contribution in [2.75, 3.05) is 11.5 Å². The number of oxazole rings is 1. The summed E-state index contributed by atoms with van der Waals surface area (Å²) in [4.78, 5) is 4.26. The zero-order valence-corrected chi connectivity index (χ0v) is 10.4. The lowest BCUT2D eigenvalue weighted by Gasteiger charge is -2.16. The van der Waals surface area contributed by atoms with Crippen molar-refractivity contribution < 1.29 is 12.8 Å². The van der Waals surface area contributed by atoms with Crippen LogP contribution in [0.15, 0.2) is 33.7 Å². The Labute approximate surface area is 105 Å². The van der Waals surface area contributed by atoms with E-state index < -0.39 is 9.84 Å². The molecule has 18 heavy (non-hydrogen) atoms. The maximum absolute atomic E-state index is 11.9. The minimum Gasteiger partial charge on any atom is -0.424 e. The molecule has 0 unspecified atom stereocenters. The fraction of sp³-hybridized carbons (Fsp3) is 0.250. The van der Waals surface area contributed by atoms with Gasteiger partial charge in [-0.2, -0.15) is 0 Å². The molecule has 0 saturated carbocycles. The van der Waals surface area contributed by atoms with Crippen molar-refractivity contribution in [3.63, 3.8) is 0 Å². The van der Waals surface area contributed by atoms with E-state index in [2.05, 4.69) is 4.98 Å². The Hall–Kier alpha value is -1.82. The van der Waals surface area contributed by atoms with Gasteiger partial charge in [-0.25, -0.2) is 13.4 Å². The van der Waals surface area contributed by atoms with Crippen molar-refractivity contribution in [3.05, 3.63) is 30.0 Å².